The van der Waals surface area contributed by atoms with Gasteiger partial charge in [-0.15, -0.1) is 0 Å². The molecule has 4 aromatic rings. The number of fused-ring (bicyclic) bond motifs is 1. The van der Waals surface area contributed by atoms with Gasteiger partial charge in [-0.05, 0) is 42.5 Å². The van der Waals surface area contributed by atoms with Crippen LogP contribution in [0.5, 0.6) is 0 Å². The molecule has 0 bridgehead atoms. The summed E-state index contributed by atoms with van der Waals surface area (Å²) >= 11 is 0. The van der Waals surface area contributed by atoms with Crippen molar-refractivity contribution in [3.05, 3.63) is 93.8 Å². The molecular weight excluding hydrogens is 522 g/mol. The Hall–Kier alpha value is -4.74. The largest absolute Gasteiger partial charge is 0.733 e. The predicted octanol–water partition coefficient (Wildman–Crippen LogP) is 1.77. The number of aromatic nitrogens is 2. The monoisotopic (exact) mass is 541 g/mol. The van der Waals surface area contributed by atoms with Crippen molar-refractivity contribution >= 4 is 49.6 Å². The van der Waals surface area contributed by atoms with Gasteiger partial charge in [-0.2, -0.15) is 0 Å². The smallest absolute Gasteiger partial charge is 0.280 e. The third-order valence-corrected chi connectivity index (χ3v) is 6.55. The summed E-state index contributed by atoms with van der Waals surface area (Å²) < 4.78 is 28.8. The van der Waals surface area contributed by atoms with E-state index in [2.05, 4.69) is 20.4 Å². The molecule has 0 radical (unpaired) electrons. The first-order chi connectivity index (χ1) is 18.1. The van der Waals surface area contributed by atoms with Crippen LogP contribution in [0.3, 0.4) is 0 Å². The number of hydrogen-bond donors (Lipinski definition) is 5. The lowest BCUT2D eigenvalue weighted by atomic mass is 10.2. The van der Waals surface area contributed by atoms with E-state index in [0.29, 0.717) is 0 Å². The van der Waals surface area contributed by atoms with E-state index >= 15 is 0 Å². The van der Waals surface area contributed by atoms with Gasteiger partial charge in [-0.1, -0.05) is 24.3 Å². The number of benzene rings is 3. The maximum absolute atomic E-state index is 13.0. The highest BCUT2D eigenvalue weighted by atomic mass is 32.2. The number of sulfonamides is 1. The van der Waals surface area contributed by atoms with Gasteiger partial charge < -0.3 is 26.2 Å². The third-order valence-electron chi connectivity index (χ3n) is 5.19. The van der Waals surface area contributed by atoms with Crippen LogP contribution in [0.4, 0.5) is 22.7 Å². The lowest BCUT2D eigenvalue weighted by Gasteiger charge is -2.24. The van der Waals surface area contributed by atoms with Gasteiger partial charge in [0.2, 0.25) is 0 Å². The second-order valence-electron chi connectivity index (χ2n) is 7.67. The molecular formula is C22H19N7O8S-2. The molecule has 0 aliphatic heterocycles. The van der Waals surface area contributed by atoms with E-state index < -0.39 is 33.3 Å². The molecule has 1 aromatic heterocycles. The molecule has 16 heteroatoms. The van der Waals surface area contributed by atoms with Gasteiger partial charge in [0.1, 0.15) is 6.33 Å². The third kappa shape index (κ3) is 5.64. The van der Waals surface area contributed by atoms with Crippen LogP contribution in [0.25, 0.3) is 10.9 Å². The zero-order valence-corrected chi connectivity index (χ0v) is 20.0. The van der Waals surface area contributed by atoms with E-state index in [0.717, 1.165) is 17.1 Å². The lowest BCUT2D eigenvalue weighted by molar-refractivity contribution is -0.115. The molecule has 0 saturated heterocycles. The summed E-state index contributed by atoms with van der Waals surface area (Å²) in [5.74, 6) is -0.716. The number of amides is 1. The van der Waals surface area contributed by atoms with Crippen LogP contribution in [0, 0.1) is 10.4 Å². The Labute approximate surface area is 214 Å². The van der Waals surface area contributed by atoms with Crippen LogP contribution in [-0.2, 0) is 14.8 Å². The van der Waals surface area contributed by atoms with Crippen LogP contribution < -0.4 is 31.5 Å². The average molecular weight is 542 g/mol. The van der Waals surface area contributed by atoms with Crippen molar-refractivity contribution in [2.75, 3.05) is 32.5 Å². The number of anilines is 4. The van der Waals surface area contributed by atoms with Crippen molar-refractivity contribution < 1.29 is 23.6 Å². The number of carbonyl (C=O) groups is 1. The highest BCUT2D eigenvalue weighted by Gasteiger charge is 2.18. The number of nitrogens with zero attached hydrogens (tertiary/aromatic N) is 4. The Morgan fingerprint density at radius 3 is 2.21 bits per heavy atom. The summed E-state index contributed by atoms with van der Waals surface area (Å²) in [4.78, 5) is 29.1. The quantitative estimate of drug-likeness (QED) is 0.192. The molecule has 5 N–H and O–H groups in total. The first-order valence-corrected chi connectivity index (χ1v) is 12.1. The van der Waals surface area contributed by atoms with Crippen molar-refractivity contribution in [3.63, 3.8) is 0 Å². The van der Waals surface area contributed by atoms with Gasteiger partial charge in [-0.3, -0.25) is 30.2 Å². The Morgan fingerprint density at radius 1 is 0.947 bits per heavy atom. The highest BCUT2D eigenvalue weighted by molar-refractivity contribution is 7.92. The summed E-state index contributed by atoms with van der Waals surface area (Å²) in [5, 5.41) is 42.6. The Balaban J connectivity index is 1.56. The second kappa shape index (κ2) is 10.7. The number of nitrogens with one attached hydrogen (secondary N) is 3. The minimum Gasteiger partial charge on any atom is -0.733 e. The van der Waals surface area contributed by atoms with Gasteiger partial charge in [0.05, 0.1) is 45.1 Å². The molecule has 0 spiro atoms. The summed E-state index contributed by atoms with van der Waals surface area (Å²) in [6, 6.07) is 14.7. The molecule has 4 rings (SSSR count). The molecule has 38 heavy (non-hydrogen) atoms. The van der Waals surface area contributed by atoms with Crippen LogP contribution in [0.2, 0.25) is 0 Å². The Morgan fingerprint density at radius 2 is 1.55 bits per heavy atom. The first kappa shape index (κ1) is 26.3. The molecule has 0 fully saturated rings. The fourth-order valence-electron chi connectivity index (χ4n) is 3.42. The summed E-state index contributed by atoms with van der Waals surface area (Å²) in [7, 11) is -4.31. The molecule has 1 amide bonds. The molecule has 0 aliphatic carbocycles. The minimum absolute atomic E-state index is 0.128. The summed E-state index contributed by atoms with van der Waals surface area (Å²) in [6.45, 7) is -0.394. The van der Waals surface area contributed by atoms with Crippen molar-refractivity contribution in [2.24, 2.45) is 0 Å². The number of carbonyl (C=O) groups excluding carboxylic acids is 1. The standard InChI is InChI=1S/C22H19N7O8S/c30-21(12-23-17-5-1-3-7-19(17)28(32)33)25-27-13-24-16-10-9-14(11-15(16)22(27)31)38(36,37)26-18-6-2-4-8-20(18)29(34)35/h1-11,13,23,26,32,34H,12H2,(H,25,30)/q-2. The van der Waals surface area contributed by atoms with E-state index in [1.807, 2.05) is 0 Å². The maximum Gasteiger partial charge on any atom is 0.280 e. The zero-order valence-electron chi connectivity index (χ0n) is 19.2. The van der Waals surface area contributed by atoms with Crippen molar-refractivity contribution in [3.8, 4) is 0 Å². The Bertz CT molecular complexity index is 1660. The second-order valence-corrected chi connectivity index (χ2v) is 9.36. The Kier molecular flexibility index (Phi) is 7.42. The van der Waals surface area contributed by atoms with Crippen molar-refractivity contribution in [1.82, 2.24) is 9.66 Å². The van der Waals surface area contributed by atoms with Crippen LogP contribution in [-0.4, -0.2) is 40.9 Å². The molecule has 0 unspecified atom stereocenters. The molecule has 198 valence electrons. The fraction of sp³-hybridized carbons (Fsp3) is 0.0455. The molecule has 1 heterocycles. The SMILES string of the molecule is O=C(CNc1ccccc1N([O-])O)Nn1cnc2ccc(S(=O)(=O)Nc3ccccc3N([O-])O)cc2c1=O. The summed E-state index contributed by atoms with van der Waals surface area (Å²) in [6.07, 6.45) is 1.04. The molecule has 0 aliphatic rings. The van der Waals surface area contributed by atoms with E-state index in [1.165, 1.54) is 54.6 Å². The highest BCUT2D eigenvalue weighted by Crippen LogP contribution is 2.27. The molecule has 15 nitrogen and oxygen atoms in total. The van der Waals surface area contributed by atoms with Gasteiger partial charge in [0, 0.05) is 0 Å². The predicted molar refractivity (Wildman–Crippen MR) is 138 cm³/mol. The van der Waals surface area contributed by atoms with E-state index in [4.69, 9.17) is 5.21 Å². The summed E-state index contributed by atoms with van der Waals surface area (Å²) in [5.41, 5.74) is 1.14. The lowest BCUT2D eigenvalue weighted by Crippen LogP contribution is -2.36. The average Bonchev–Trinajstić information content (AvgIpc) is 2.89. The van der Waals surface area contributed by atoms with E-state index in [9.17, 15) is 33.6 Å². The number of para-hydroxylation sites is 4. The number of hydrogen-bond acceptors (Lipinski definition) is 12. The van der Waals surface area contributed by atoms with Crippen LogP contribution >= 0.6 is 0 Å². The van der Waals surface area contributed by atoms with Gasteiger partial charge >= 0.3 is 0 Å². The van der Waals surface area contributed by atoms with Crippen LogP contribution in [0.15, 0.2) is 82.7 Å². The fourth-order valence-corrected chi connectivity index (χ4v) is 4.52. The molecule has 3 aromatic carbocycles. The number of rotatable bonds is 9. The van der Waals surface area contributed by atoms with E-state index in [-0.39, 0.29) is 43.8 Å². The van der Waals surface area contributed by atoms with Gasteiger partial charge in [0.15, 0.2) is 0 Å². The minimum atomic E-state index is -4.31. The normalized spacial score (nSPS) is 11.2. The van der Waals surface area contributed by atoms with Crippen molar-refractivity contribution in [1.29, 1.82) is 0 Å². The van der Waals surface area contributed by atoms with E-state index in [1.54, 1.807) is 6.07 Å². The zero-order chi connectivity index (χ0) is 27.4. The van der Waals surface area contributed by atoms with Gasteiger partial charge in [-0.25, -0.2) is 18.1 Å². The van der Waals surface area contributed by atoms with Gasteiger partial charge in [0.25, 0.3) is 21.5 Å². The van der Waals surface area contributed by atoms with Crippen molar-refractivity contribution in [2.45, 2.75) is 4.90 Å². The maximum atomic E-state index is 13.0. The molecule has 0 atom stereocenters. The topological polar surface area (TPSA) is 215 Å². The molecule has 0 saturated carbocycles. The first-order valence-electron chi connectivity index (χ1n) is 10.6. The van der Waals surface area contributed by atoms with Crippen LogP contribution in [0.1, 0.15) is 0 Å².